The first-order valence-corrected chi connectivity index (χ1v) is 14.3. The van der Waals surface area contributed by atoms with Crippen molar-refractivity contribution in [1.29, 1.82) is 0 Å². The van der Waals surface area contributed by atoms with Gasteiger partial charge in [-0.1, -0.05) is 15.7 Å². The Balaban J connectivity index is 1.56. The van der Waals surface area contributed by atoms with Crippen molar-refractivity contribution < 1.29 is 38.6 Å². The Labute approximate surface area is 239 Å². The lowest BCUT2D eigenvalue weighted by atomic mass is 10.0. The molecule has 2 aliphatic heterocycles. The maximum atomic E-state index is 13.3. The van der Waals surface area contributed by atoms with Gasteiger partial charge in [0.1, 0.15) is 22.8 Å². The summed E-state index contributed by atoms with van der Waals surface area (Å²) in [6, 6.07) is -1.04. The van der Waals surface area contributed by atoms with Crippen LogP contribution in [0.5, 0.6) is 0 Å². The fourth-order valence-corrected chi connectivity index (χ4v) is 6.08. The summed E-state index contributed by atoms with van der Waals surface area (Å²) in [7, 11) is 0. The average Bonchev–Trinajstić information content (AvgIpc) is 3.53. The van der Waals surface area contributed by atoms with Crippen LogP contribution in [0.25, 0.3) is 6.08 Å². The fourth-order valence-electron chi connectivity index (χ4n) is 3.67. The zero-order valence-electron chi connectivity index (χ0n) is 21.2. The van der Waals surface area contributed by atoms with Gasteiger partial charge in [-0.25, -0.2) is 14.6 Å². The number of hydrogen-bond donors (Lipinski definition) is 3. The standard InChI is InChI=1S/C22H23N7O8S3/c1-4-35-22(33)37-10(3)36-20(32)16-11(5-6-13-9(2)26-28-40-13)7-38-19-15(18(31)29(16)19)25-17(30)14(27-34)12-8-39-21(23)24-12/h5-6,8,10,15,19,34H,4,7H2,1-3H3,(H2,23,24)(H,25,30)/b6-5-,27-14-/t10?,15?,19-/m1/s1. The summed E-state index contributed by atoms with van der Waals surface area (Å²) in [6.07, 6.45) is 1.04. The van der Waals surface area contributed by atoms with E-state index in [9.17, 15) is 24.4 Å². The number of hydrogen-bond acceptors (Lipinski definition) is 16. The van der Waals surface area contributed by atoms with E-state index >= 15 is 0 Å². The van der Waals surface area contributed by atoms with Crippen LogP contribution in [-0.4, -0.2) is 84.4 Å². The number of nitrogens with two attached hydrogens (primary N) is 1. The molecule has 0 bridgehead atoms. The molecule has 0 aromatic carbocycles. The van der Waals surface area contributed by atoms with E-state index in [0.717, 1.165) is 27.7 Å². The van der Waals surface area contributed by atoms with Gasteiger partial charge in [0.15, 0.2) is 10.8 Å². The molecule has 2 aromatic rings. The van der Waals surface area contributed by atoms with Crippen LogP contribution < -0.4 is 11.1 Å². The van der Waals surface area contributed by atoms with Crippen LogP contribution in [-0.2, 0) is 28.6 Å². The van der Waals surface area contributed by atoms with Gasteiger partial charge in [0, 0.05) is 18.1 Å². The minimum atomic E-state index is -1.31. The van der Waals surface area contributed by atoms with Crippen molar-refractivity contribution in [2.45, 2.75) is 38.5 Å². The number of aromatic nitrogens is 3. The number of nitrogens with zero attached hydrogens (tertiary/aromatic N) is 5. The van der Waals surface area contributed by atoms with E-state index in [2.05, 4.69) is 25.0 Å². The van der Waals surface area contributed by atoms with Gasteiger partial charge < -0.3 is 30.5 Å². The van der Waals surface area contributed by atoms with Crippen LogP contribution in [0, 0.1) is 6.92 Å². The minimum absolute atomic E-state index is 0.0439. The smallest absolute Gasteiger partial charge is 0.435 e. The number of rotatable bonds is 9. The highest BCUT2D eigenvalue weighted by Crippen LogP contribution is 2.41. The van der Waals surface area contributed by atoms with Gasteiger partial charge in [-0.3, -0.25) is 14.5 Å². The highest BCUT2D eigenvalue weighted by atomic mass is 32.2. The molecule has 40 heavy (non-hydrogen) atoms. The second-order valence-corrected chi connectivity index (χ2v) is 10.9. The lowest BCUT2D eigenvalue weighted by Crippen LogP contribution is -2.71. The number of nitrogen functional groups attached to an aromatic ring is 1. The van der Waals surface area contributed by atoms with Crippen LogP contribution >= 0.6 is 34.6 Å². The monoisotopic (exact) mass is 609 g/mol. The van der Waals surface area contributed by atoms with Crippen molar-refractivity contribution in [2.75, 3.05) is 18.1 Å². The van der Waals surface area contributed by atoms with Crippen LogP contribution in [0.2, 0.25) is 0 Å². The van der Waals surface area contributed by atoms with Crippen LogP contribution in [0.3, 0.4) is 0 Å². The van der Waals surface area contributed by atoms with Crippen molar-refractivity contribution in [1.82, 2.24) is 24.8 Å². The average molecular weight is 610 g/mol. The molecule has 0 radical (unpaired) electrons. The molecule has 3 atom stereocenters. The van der Waals surface area contributed by atoms with Gasteiger partial charge in [-0.2, -0.15) is 0 Å². The van der Waals surface area contributed by atoms with E-state index < -0.39 is 47.4 Å². The Morgan fingerprint density at radius 3 is 2.75 bits per heavy atom. The molecule has 15 nitrogen and oxygen atoms in total. The Bertz CT molecular complexity index is 1420. The number of oxime groups is 1. The summed E-state index contributed by atoms with van der Waals surface area (Å²) in [6.45, 7) is 4.77. The summed E-state index contributed by atoms with van der Waals surface area (Å²) < 4.78 is 18.8. The fraction of sp³-hybridized carbons (Fsp3) is 0.364. The van der Waals surface area contributed by atoms with Gasteiger partial charge in [-0.15, -0.1) is 28.2 Å². The normalized spacial score (nSPS) is 19.6. The molecule has 18 heteroatoms. The van der Waals surface area contributed by atoms with Gasteiger partial charge in [-0.05, 0) is 37.0 Å². The van der Waals surface area contributed by atoms with Gasteiger partial charge in [0.05, 0.1) is 17.2 Å². The number of thioether (sulfide) groups is 1. The Morgan fingerprint density at radius 2 is 2.12 bits per heavy atom. The van der Waals surface area contributed by atoms with Crippen molar-refractivity contribution in [3.63, 3.8) is 0 Å². The number of carbonyl (C=O) groups is 4. The van der Waals surface area contributed by atoms with E-state index in [4.69, 9.17) is 19.9 Å². The molecular weight excluding hydrogens is 586 g/mol. The number of anilines is 1. The topological polar surface area (TPSA) is 209 Å². The van der Waals surface area contributed by atoms with Crippen molar-refractivity contribution >= 4 is 75.5 Å². The number of amides is 2. The summed E-state index contributed by atoms with van der Waals surface area (Å²) in [5.74, 6) is -2.11. The number of fused-ring (bicyclic) bond motifs is 1. The van der Waals surface area contributed by atoms with E-state index in [1.807, 2.05) is 0 Å². The number of nitrogens with one attached hydrogen (secondary N) is 1. The molecule has 0 saturated carbocycles. The number of carbonyl (C=O) groups excluding carboxylic acids is 4. The molecule has 0 spiro atoms. The number of allylic oxidation sites excluding steroid dienone is 1. The molecule has 212 valence electrons. The predicted octanol–water partition coefficient (Wildman–Crippen LogP) is 1.49. The number of thiazole rings is 1. The van der Waals surface area contributed by atoms with E-state index in [1.165, 1.54) is 29.0 Å². The summed E-state index contributed by atoms with van der Waals surface area (Å²) in [5, 5.41) is 19.8. The molecule has 4 N–H and O–H groups in total. The van der Waals surface area contributed by atoms with Crippen LogP contribution in [0.1, 0.15) is 30.1 Å². The summed E-state index contributed by atoms with van der Waals surface area (Å²) in [5.41, 5.74) is 6.29. The lowest BCUT2D eigenvalue weighted by molar-refractivity contribution is -0.168. The minimum Gasteiger partial charge on any atom is -0.435 e. The number of aryl methyl sites for hydroxylation is 1. The molecule has 4 rings (SSSR count). The first kappa shape index (κ1) is 29.0. The van der Waals surface area contributed by atoms with Gasteiger partial charge in [0.25, 0.3) is 11.8 Å². The first-order chi connectivity index (χ1) is 19.1. The lowest BCUT2D eigenvalue weighted by Gasteiger charge is -2.49. The number of β-lactam (4-membered cyclic amide) rings is 1. The molecule has 1 fully saturated rings. The maximum Gasteiger partial charge on any atom is 0.511 e. The molecular formula is C22H23N7O8S3. The van der Waals surface area contributed by atoms with Crippen LogP contribution in [0.15, 0.2) is 27.9 Å². The van der Waals surface area contributed by atoms with Crippen molar-refractivity contribution in [2.24, 2.45) is 5.16 Å². The second-order valence-electron chi connectivity index (χ2n) is 8.08. The SMILES string of the molecule is CCOC(=O)OC(C)OC(=O)C1=C(/C=C\c2snnc2C)CS[C@@H]2C(NC(=O)/C(=N\O)c3csc(N)n3)C(=O)N12. The maximum absolute atomic E-state index is 13.3. The Kier molecular flexibility index (Phi) is 9.00. The molecule has 1 saturated heterocycles. The van der Waals surface area contributed by atoms with E-state index in [-0.39, 0.29) is 28.9 Å². The second kappa shape index (κ2) is 12.4. The Hall–Kier alpha value is -4.03. The zero-order valence-corrected chi connectivity index (χ0v) is 23.7. The quantitative estimate of drug-likeness (QED) is 0.0920. The third kappa shape index (κ3) is 6.07. The highest BCUT2D eigenvalue weighted by molar-refractivity contribution is 8.00. The highest BCUT2D eigenvalue weighted by Gasteiger charge is 2.54. The number of esters is 1. The molecule has 2 aromatic heterocycles. The molecule has 0 aliphatic carbocycles. The largest absolute Gasteiger partial charge is 0.511 e. The van der Waals surface area contributed by atoms with Crippen molar-refractivity contribution in [3.8, 4) is 0 Å². The molecule has 2 amide bonds. The summed E-state index contributed by atoms with van der Waals surface area (Å²) >= 11 is 3.50. The Morgan fingerprint density at radius 1 is 1.35 bits per heavy atom. The van der Waals surface area contributed by atoms with Crippen LogP contribution in [0.4, 0.5) is 9.93 Å². The first-order valence-electron chi connectivity index (χ1n) is 11.6. The van der Waals surface area contributed by atoms with E-state index in [0.29, 0.717) is 11.3 Å². The third-order valence-electron chi connectivity index (χ3n) is 5.48. The third-order valence-corrected chi connectivity index (χ3v) is 8.24. The van der Waals surface area contributed by atoms with E-state index in [1.54, 1.807) is 26.0 Å². The molecule has 2 unspecified atom stereocenters. The van der Waals surface area contributed by atoms with Gasteiger partial charge >= 0.3 is 12.1 Å². The van der Waals surface area contributed by atoms with Gasteiger partial charge in [0.2, 0.25) is 6.29 Å². The molecule has 2 aliphatic rings. The zero-order chi connectivity index (χ0) is 29.0. The summed E-state index contributed by atoms with van der Waals surface area (Å²) in [4.78, 5) is 56.8. The predicted molar refractivity (Wildman–Crippen MR) is 144 cm³/mol. The molecule has 4 heterocycles. The number of ether oxygens (including phenoxy) is 3. The van der Waals surface area contributed by atoms with Crippen molar-refractivity contribution in [3.05, 3.63) is 39.0 Å².